The molecule has 1 aliphatic rings. The van der Waals surface area contributed by atoms with Crippen LogP contribution in [0.15, 0.2) is 12.4 Å². The van der Waals surface area contributed by atoms with E-state index in [1.807, 2.05) is 13.1 Å². The Balaban J connectivity index is 1.69. The van der Waals surface area contributed by atoms with Gasteiger partial charge in [0.15, 0.2) is 0 Å². The van der Waals surface area contributed by atoms with Crippen LogP contribution in [0, 0.1) is 0 Å². The number of hydrogen-bond acceptors (Lipinski definition) is 4. The van der Waals surface area contributed by atoms with Gasteiger partial charge in [-0.15, -0.1) is 0 Å². The van der Waals surface area contributed by atoms with Crippen molar-refractivity contribution in [2.24, 2.45) is 0 Å². The second-order valence-corrected chi connectivity index (χ2v) is 5.74. The van der Waals surface area contributed by atoms with Crippen LogP contribution < -0.4 is 10.6 Å². The third-order valence-electron chi connectivity index (χ3n) is 4.25. The van der Waals surface area contributed by atoms with E-state index in [4.69, 9.17) is 0 Å². The summed E-state index contributed by atoms with van der Waals surface area (Å²) in [4.78, 5) is 16.8. The van der Waals surface area contributed by atoms with Gasteiger partial charge in [-0.3, -0.25) is 9.58 Å². The van der Waals surface area contributed by atoms with Crippen LogP contribution in [0.1, 0.15) is 20.8 Å². The maximum atomic E-state index is 11.9. The fourth-order valence-electron chi connectivity index (χ4n) is 2.67. The maximum Gasteiger partial charge on any atom is 0.319 e. The first-order valence-electron chi connectivity index (χ1n) is 8.16. The molecule has 22 heavy (non-hydrogen) atoms. The van der Waals surface area contributed by atoms with Crippen molar-refractivity contribution in [1.29, 1.82) is 0 Å². The monoisotopic (exact) mass is 308 g/mol. The molecule has 1 fully saturated rings. The fraction of sp³-hybridized carbons (Fsp3) is 0.733. The normalized spacial score (nSPS) is 18.1. The number of rotatable bonds is 6. The maximum absolute atomic E-state index is 11.9. The molecule has 0 spiro atoms. The average Bonchev–Trinajstić information content (AvgIpc) is 3.00. The number of hydrogen-bond donors (Lipinski definition) is 2. The molecule has 2 amide bonds. The van der Waals surface area contributed by atoms with Gasteiger partial charge < -0.3 is 15.5 Å². The van der Waals surface area contributed by atoms with Gasteiger partial charge in [-0.05, 0) is 20.4 Å². The van der Waals surface area contributed by atoms with Crippen molar-refractivity contribution < 1.29 is 4.79 Å². The van der Waals surface area contributed by atoms with Gasteiger partial charge >= 0.3 is 6.03 Å². The zero-order chi connectivity index (χ0) is 15.9. The van der Waals surface area contributed by atoms with Crippen LogP contribution in [0.25, 0.3) is 0 Å². The van der Waals surface area contributed by atoms with Crippen LogP contribution in [0.4, 0.5) is 10.5 Å². The number of amides is 2. The molecule has 0 radical (unpaired) electrons. The van der Waals surface area contributed by atoms with E-state index < -0.39 is 0 Å². The summed E-state index contributed by atoms with van der Waals surface area (Å²) in [7, 11) is 0. The van der Waals surface area contributed by atoms with Crippen LogP contribution in [-0.2, 0) is 6.54 Å². The topological polar surface area (TPSA) is 65.4 Å². The van der Waals surface area contributed by atoms with Crippen molar-refractivity contribution in [1.82, 2.24) is 24.9 Å². The summed E-state index contributed by atoms with van der Waals surface area (Å²) in [5.41, 5.74) is 0.726. The van der Waals surface area contributed by atoms with Crippen LogP contribution in [0.2, 0.25) is 0 Å². The van der Waals surface area contributed by atoms with Crippen molar-refractivity contribution >= 4 is 11.7 Å². The molecule has 1 aliphatic heterocycles. The SMILES string of the molecule is CCN1CCN(C(C)CNC(=O)Nc2cnn(CC)c2)CC1. The van der Waals surface area contributed by atoms with Crippen LogP contribution in [0.3, 0.4) is 0 Å². The second kappa shape index (κ2) is 8.14. The van der Waals surface area contributed by atoms with E-state index in [-0.39, 0.29) is 6.03 Å². The Bertz CT molecular complexity index is 466. The number of urea groups is 1. The van der Waals surface area contributed by atoms with Crippen LogP contribution >= 0.6 is 0 Å². The summed E-state index contributed by atoms with van der Waals surface area (Å²) in [5, 5.41) is 9.88. The summed E-state index contributed by atoms with van der Waals surface area (Å²) >= 11 is 0. The Morgan fingerprint density at radius 2 is 2.00 bits per heavy atom. The number of carbonyl (C=O) groups is 1. The molecule has 7 nitrogen and oxygen atoms in total. The van der Waals surface area contributed by atoms with Gasteiger partial charge in [0, 0.05) is 51.5 Å². The molecule has 1 aromatic heterocycles. The quantitative estimate of drug-likeness (QED) is 0.824. The van der Waals surface area contributed by atoms with Gasteiger partial charge in [0.2, 0.25) is 0 Å². The highest BCUT2D eigenvalue weighted by atomic mass is 16.2. The molecule has 0 aliphatic carbocycles. The van der Waals surface area contributed by atoms with Gasteiger partial charge in [0.1, 0.15) is 0 Å². The van der Waals surface area contributed by atoms with Crippen molar-refractivity contribution in [3.8, 4) is 0 Å². The van der Waals surface area contributed by atoms with E-state index in [1.165, 1.54) is 0 Å². The number of likely N-dealkylation sites (N-methyl/N-ethyl adjacent to an activating group) is 1. The lowest BCUT2D eigenvalue weighted by Gasteiger charge is -2.37. The molecule has 7 heteroatoms. The van der Waals surface area contributed by atoms with Crippen LogP contribution in [-0.4, -0.2) is 70.9 Å². The van der Waals surface area contributed by atoms with Crippen molar-refractivity contribution in [3.63, 3.8) is 0 Å². The highest BCUT2D eigenvalue weighted by molar-refractivity contribution is 5.88. The minimum Gasteiger partial charge on any atom is -0.336 e. The van der Waals surface area contributed by atoms with Gasteiger partial charge in [-0.25, -0.2) is 4.79 Å². The number of nitrogens with one attached hydrogen (secondary N) is 2. The standard InChI is InChI=1S/C15H28N6O/c1-4-19-6-8-20(9-7-19)13(3)10-16-15(22)18-14-11-17-21(5-2)12-14/h11-13H,4-10H2,1-3H3,(H2,16,18,22). The van der Waals surface area contributed by atoms with Gasteiger partial charge in [-0.1, -0.05) is 6.92 Å². The first-order valence-corrected chi connectivity index (χ1v) is 8.16. The first kappa shape index (κ1) is 16.8. The number of piperazine rings is 1. The molecular weight excluding hydrogens is 280 g/mol. The van der Waals surface area contributed by atoms with Crippen LogP contribution in [0.5, 0.6) is 0 Å². The molecule has 124 valence electrons. The molecule has 0 bridgehead atoms. The summed E-state index contributed by atoms with van der Waals surface area (Å²) in [6, 6.07) is 0.179. The second-order valence-electron chi connectivity index (χ2n) is 5.74. The number of aryl methyl sites for hydroxylation is 1. The van der Waals surface area contributed by atoms with Crippen molar-refractivity contribution in [2.45, 2.75) is 33.4 Å². The largest absolute Gasteiger partial charge is 0.336 e. The number of aromatic nitrogens is 2. The molecule has 2 N–H and O–H groups in total. The molecule has 2 heterocycles. The highest BCUT2D eigenvalue weighted by Gasteiger charge is 2.20. The van der Waals surface area contributed by atoms with Crippen molar-refractivity contribution in [2.75, 3.05) is 44.6 Å². The molecule has 2 rings (SSSR count). The van der Waals surface area contributed by atoms with Crippen molar-refractivity contribution in [3.05, 3.63) is 12.4 Å². The zero-order valence-corrected chi connectivity index (χ0v) is 13.9. The third-order valence-corrected chi connectivity index (χ3v) is 4.25. The average molecular weight is 308 g/mol. The molecule has 0 aromatic carbocycles. The molecule has 1 atom stereocenters. The molecule has 1 saturated heterocycles. The minimum absolute atomic E-state index is 0.172. The summed E-state index contributed by atoms with van der Waals surface area (Å²) in [5.74, 6) is 0. The smallest absolute Gasteiger partial charge is 0.319 e. The lowest BCUT2D eigenvalue weighted by atomic mass is 10.2. The van der Waals surface area contributed by atoms with E-state index >= 15 is 0 Å². The third kappa shape index (κ3) is 4.71. The Hall–Kier alpha value is -1.60. The van der Waals surface area contributed by atoms with Gasteiger partial charge in [-0.2, -0.15) is 5.10 Å². The fourth-order valence-corrected chi connectivity index (χ4v) is 2.67. The Kier molecular flexibility index (Phi) is 6.21. The number of carbonyl (C=O) groups excluding carboxylic acids is 1. The zero-order valence-electron chi connectivity index (χ0n) is 13.9. The van der Waals surface area contributed by atoms with E-state index in [0.29, 0.717) is 12.6 Å². The van der Waals surface area contributed by atoms with E-state index in [1.54, 1.807) is 10.9 Å². The highest BCUT2D eigenvalue weighted by Crippen LogP contribution is 2.06. The molecule has 1 unspecified atom stereocenters. The summed E-state index contributed by atoms with van der Waals surface area (Å²) in [6.45, 7) is 13.3. The molecular formula is C15H28N6O. The van der Waals surface area contributed by atoms with Gasteiger partial charge in [0.05, 0.1) is 11.9 Å². The van der Waals surface area contributed by atoms with E-state index in [0.717, 1.165) is 45.0 Å². The number of anilines is 1. The summed E-state index contributed by atoms with van der Waals surface area (Å²) in [6.07, 6.45) is 3.49. The number of nitrogens with zero attached hydrogens (tertiary/aromatic N) is 4. The predicted octanol–water partition coefficient (Wildman–Crippen LogP) is 1.05. The minimum atomic E-state index is -0.172. The summed E-state index contributed by atoms with van der Waals surface area (Å²) < 4.78 is 1.78. The Labute approximate surface area is 132 Å². The predicted molar refractivity (Wildman–Crippen MR) is 88.1 cm³/mol. The molecule has 1 aromatic rings. The van der Waals surface area contributed by atoms with E-state index in [9.17, 15) is 4.79 Å². The van der Waals surface area contributed by atoms with E-state index in [2.05, 4.69) is 39.4 Å². The Morgan fingerprint density at radius 1 is 1.27 bits per heavy atom. The lowest BCUT2D eigenvalue weighted by Crippen LogP contribution is -2.52. The first-order chi connectivity index (χ1) is 10.6. The lowest BCUT2D eigenvalue weighted by molar-refractivity contribution is 0.106. The Morgan fingerprint density at radius 3 is 2.59 bits per heavy atom. The molecule has 0 saturated carbocycles. The van der Waals surface area contributed by atoms with Gasteiger partial charge in [0.25, 0.3) is 0 Å².